The Morgan fingerprint density at radius 3 is 1.77 bits per heavy atom. The number of anilines is 2. The molecule has 0 spiro atoms. The topological polar surface area (TPSA) is 313 Å². The number of methoxy groups -OCH3 is 1. The van der Waals surface area contributed by atoms with Crippen molar-refractivity contribution >= 4 is 76.1 Å². The first-order chi connectivity index (χ1) is 35.2. The fourth-order valence-corrected chi connectivity index (χ4v) is 6.81. The van der Waals surface area contributed by atoms with E-state index >= 15 is 0 Å². The zero-order chi connectivity index (χ0) is 53.6. The number of nitrogens with two attached hydrogens (primary N) is 1. The lowest BCUT2D eigenvalue weighted by atomic mass is 10.2. The Labute approximate surface area is 424 Å². The number of nitrogens with one attached hydrogen (secondary N) is 2. The summed E-state index contributed by atoms with van der Waals surface area (Å²) in [4.78, 5) is 122. The maximum absolute atomic E-state index is 14.2. The van der Waals surface area contributed by atoms with Gasteiger partial charge >= 0.3 is 24.2 Å². The van der Waals surface area contributed by atoms with Gasteiger partial charge in [-0.1, -0.05) is 60.7 Å². The van der Waals surface area contributed by atoms with Gasteiger partial charge in [0.1, 0.15) is 50.4 Å². The van der Waals surface area contributed by atoms with E-state index < -0.39 is 72.8 Å². The summed E-state index contributed by atoms with van der Waals surface area (Å²) in [6.45, 7) is 7.29. The number of amides is 6. The van der Waals surface area contributed by atoms with Crippen LogP contribution in [0.4, 0.5) is 26.1 Å². The Morgan fingerprint density at radius 1 is 0.649 bits per heavy atom. The lowest BCUT2D eigenvalue weighted by Gasteiger charge is -2.28. The number of hydrogen-bond donors (Lipinski definition) is 3. The molecule has 4 N–H and O–H groups in total. The number of nitrogen functional groups attached to an aromatic ring is 1. The number of ether oxygens (including phenoxy) is 5. The molecular weight excluding hydrogens is 965 g/mol. The number of rotatable bonds is 20. The number of imide groups is 1. The Morgan fingerprint density at radius 2 is 1.19 bits per heavy atom. The minimum Gasteiger partial charge on any atom is -0.471 e. The summed E-state index contributed by atoms with van der Waals surface area (Å²) in [5.74, 6) is -2.93. The first-order valence-corrected chi connectivity index (χ1v) is 23.1. The van der Waals surface area contributed by atoms with E-state index in [-0.39, 0.29) is 85.9 Å². The molecule has 4 aromatic heterocycles. The van der Waals surface area contributed by atoms with Crippen LogP contribution in [0.1, 0.15) is 52.7 Å². The Bertz CT molecular complexity index is 2930. The lowest BCUT2D eigenvalue weighted by Crippen LogP contribution is -2.47. The van der Waals surface area contributed by atoms with E-state index in [9.17, 15) is 33.6 Å². The van der Waals surface area contributed by atoms with Crippen LogP contribution in [0.2, 0.25) is 0 Å². The van der Waals surface area contributed by atoms with E-state index in [0.29, 0.717) is 4.90 Å². The van der Waals surface area contributed by atoms with Gasteiger partial charge in [0.25, 0.3) is 0 Å². The Hall–Kier alpha value is -8.97. The third-order valence-corrected chi connectivity index (χ3v) is 10.2. The van der Waals surface area contributed by atoms with Gasteiger partial charge in [0.2, 0.25) is 29.5 Å². The fourth-order valence-electron chi connectivity index (χ4n) is 6.81. The zero-order valence-electron chi connectivity index (χ0n) is 42.0. The van der Waals surface area contributed by atoms with Crippen LogP contribution in [-0.2, 0) is 64.4 Å². The second-order valence-corrected chi connectivity index (χ2v) is 18.3. The highest BCUT2D eigenvalue weighted by atomic mass is 16.6. The Kier molecular flexibility index (Phi) is 18.0. The minimum atomic E-state index is -1.10. The van der Waals surface area contributed by atoms with Crippen molar-refractivity contribution < 1.29 is 57.2 Å². The summed E-state index contributed by atoms with van der Waals surface area (Å²) in [7, 11) is 1.16. The van der Waals surface area contributed by atoms with Crippen LogP contribution in [-0.4, -0.2) is 148 Å². The van der Waals surface area contributed by atoms with Crippen LogP contribution >= 0.6 is 0 Å². The van der Waals surface area contributed by atoms with E-state index in [4.69, 9.17) is 29.4 Å². The number of esters is 1. The second-order valence-electron chi connectivity index (χ2n) is 18.3. The number of imidazole rings is 2. The summed E-state index contributed by atoms with van der Waals surface area (Å²) in [5, 5.41) is 5.26. The van der Waals surface area contributed by atoms with E-state index in [1.165, 1.54) is 21.8 Å². The number of carbonyl (C=O) groups is 7. The molecule has 0 unspecified atom stereocenters. The van der Waals surface area contributed by atoms with Crippen LogP contribution in [0, 0.1) is 0 Å². The van der Waals surface area contributed by atoms with Crippen molar-refractivity contribution in [2.75, 3.05) is 57.0 Å². The number of nitrogens with zero attached hydrogens (tertiary/aromatic N) is 11. The first kappa shape index (κ1) is 54.4. The lowest BCUT2D eigenvalue weighted by molar-refractivity contribution is -0.147. The molecular formula is C48H58N14O12. The average Bonchev–Trinajstić information content (AvgIpc) is 3.95. The molecule has 26 heteroatoms. The minimum absolute atomic E-state index is 0.0168. The molecule has 0 saturated carbocycles. The van der Waals surface area contributed by atoms with Gasteiger partial charge in [-0.3, -0.25) is 19.2 Å². The van der Waals surface area contributed by atoms with Crippen molar-refractivity contribution in [3.05, 3.63) is 90.8 Å². The number of alkyl carbamates (subject to hydrolysis) is 1. The van der Waals surface area contributed by atoms with Crippen LogP contribution in [0.25, 0.3) is 22.3 Å². The zero-order valence-corrected chi connectivity index (χ0v) is 42.0. The molecule has 0 bridgehead atoms. The van der Waals surface area contributed by atoms with Gasteiger partial charge in [-0.05, 0) is 52.7 Å². The highest BCUT2D eigenvalue weighted by molar-refractivity contribution is 6.12. The number of fused-ring (bicyclic) bond motifs is 2. The molecule has 0 aliphatic rings. The molecule has 6 amide bonds. The van der Waals surface area contributed by atoms with Gasteiger partial charge < -0.3 is 59.0 Å². The molecule has 6 aromatic rings. The van der Waals surface area contributed by atoms with Crippen LogP contribution in [0.5, 0.6) is 5.88 Å². The van der Waals surface area contributed by atoms with Crippen molar-refractivity contribution in [3.8, 4) is 5.88 Å². The molecule has 392 valence electrons. The summed E-state index contributed by atoms with van der Waals surface area (Å²) in [5.41, 5.74) is 5.99. The number of benzene rings is 2. The van der Waals surface area contributed by atoms with Crippen LogP contribution in [0.3, 0.4) is 0 Å². The largest absolute Gasteiger partial charge is 0.471 e. The third-order valence-electron chi connectivity index (χ3n) is 10.2. The number of carbonyl (C=O) groups excluding carboxylic acids is 7. The second kappa shape index (κ2) is 24.4. The van der Waals surface area contributed by atoms with Gasteiger partial charge in [-0.2, -0.15) is 14.9 Å². The summed E-state index contributed by atoms with van der Waals surface area (Å²) in [6.07, 6.45) is 0.674. The molecule has 0 radical (unpaired) electrons. The summed E-state index contributed by atoms with van der Waals surface area (Å²) < 4.78 is 29.8. The van der Waals surface area contributed by atoms with Crippen molar-refractivity contribution in [2.45, 2.75) is 79.0 Å². The highest BCUT2D eigenvalue weighted by Gasteiger charge is 2.36. The predicted octanol–water partition coefficient (Wildman–Crippen LogP) is 3.38. The maximum Gasteiger partial charge on any atom is 0.425 e. The van der Waals surface area contributed by atoms with E-state index in [0.717, 1.165) is 34.4 Å². The molecule has 0 atom stereocenters. The molecule has 26 nitrogen and oxygen atoms in total. The van der Waals surface area contributed by atoms with Crippen molar-refractivity contribution in [2.24, 2.45) is 0 Å². The Balaban J connectivity index is 1.15. The van der Waals surface area contributed by atoms with Gasteiger partial charge in [-0.15, -0.1) is 0 Å². The quantitative estimate of drug-likeness (QED) is 0.0729. The molecule has 2 aromatic carbocycles. The van der Waals surface area contributed by atoms with Crippen molar-refractivity contribution in [1.82, 2.24) is 59.5 Å². The van der Waals surface area contributed by atoms with Crippen molar-refractivity contribution in [3.63, 3.8) is 0 Å². The number of aromatic nitrogens is 8. The van der Waals surface area contributed by atoms with Gasteiger partial charge in [0.15, 0.2) is 28.1 Å². The third kappa shape index (κ3) is 15.5. The number of hydrogen-bond acceptors (Lipinski definition) is 19. The predicted molar refractivity (Wildman–Crippen MR) is 264 cm³/mol. The first-order valence-electron chi connectivity index (χ1n) is 23.1. The molecule has 0 aliphatic carbocycles. The highest BCUT2D eigenvalue weighted by Crippen LogP contribution is 2.27. The smallest absolute Gasteiger partial charge is 0.425 e. The maximum atomic E-state index is 14.2. The molecule has 4 heterocycles. The fraction of sp³-hybridized carbons (Fsp3) is 0.396. The normalized spacial score (nSPS) is 11.3. The summed E-state index contributed by atoms with van der Waals surface area (Å²) in [6, 6.07) is 18.3. The molecule has 6 rings (SSSR count). The molecule has 0 saturated heterocycles. The van der Waals surface area contributed by atoms with Gasteiger partial charge in [0, 0.05) is 26.2 Å². The summed E-state index contributed by atoms with van der Waals surface area (Å²) >= 11 is 0. The molecule has 74 heavy (non-hydrogen) atoms. The van der Waals surface area contributed by atoms with E-state index in [2.05, 4.69) is 40.5 Å². The molecule has 0 aliphatic heterocycles. The van der Waals surface area contributed by atoms with Crippen LogP contribution < -0.4 is 26.0 Å². The van der Waals surface area contributed by atoms with Gasteiger partial charge in [-0.25, -0.2) is 34.3 Å². The standard InChI is InChI=1S/C48H58N14O12/c1-47(2,3)73-45(68)62(46(69)74-48(4,5)6)40-37-39(52-28-53-40)60(29-54-37)23-34(64)58(21-19-51-44(67)72-27-32-16-12-9-13-17-32)22-33(63)50-18-20-59(25-36(66)70-7)35(65)24-61-30-55-38-41(61)56-43(49)57-42(38)71-26-31-14-10-8-11-15-31/h8-17,28-30H,18-27H2,1-7H3,(H,50,63)(H,51,67)(H2,49,56,57). The van der Waals surface area contributed by atoms with Crippen LogP contribution in [0.15, 0.2) is 79.6 Å². The van der Waals surface area contributed by atoms with E-state index in [1.54, 1.807) is 65.8 Å². The SMILES string of the molecule is COC(=O)CN(CCNC(=O)CN(CCNC(=O)OCc1ccccc1)C(=O)Cn1cnc2c(N(C(=O)OC(C)(C)C)C(=O)OC(C)(C)C)ncnc21)C(=O)Cn1cnc2c(OCc3ccccc3)nc(N)nc21. The monoisotopic (exact) mass is 1020 g/mol. The molecule has 0 fully saturated rings. The van der Waals surface area contributed by atoms with E-state index in [1.807, 2.05) is 36.4 Å². The average molecular weight is 1020 g/mol. The van der Waals surface area contributed by atoms with Gasteiger partial charge in [0.05, 0.1) is 26.3 Å². The van der Waals surface area contributed by atoms with Crippen molar-refractivity contribution in [1.29, 1.82) is 0 Å².